The fourth-order valence-corrected chi connectivity index (χ4v) is 1.94. The topological polar surface area (TPSA) is 59.8 Å². The predicted octanol–water partition coefficient (Wildman–Crippen LogP) is 2.27. The van der Waals surface area contributed by atoms with Gasteiger partial charge in [0.1, 0.15) is 4.34 Å². The van der Waals surface area contributed by atoms with E-state index in [1.807, 2.05) is 6.92 Å². The van der Waals surface area contributed by atoms with Gasteiger partial charge in [-0.15, -0.1) is 0 Å². The van der Waals surface area contributed by atoms with E-state index >= 15 is 0 Å². The molecule has 0 unspecified atom stereocenters. The molecule has 1 amide bonds. The van der Waals surface area contributed by atoms with E-state index in [2.05, 4.69) is 15.4 Å². The summed E-state index contributed by atoms with van der Waals surface area (Å²) in [5.41, 5.74) is 0.508. The van der Waals surface area contributed by atoms with Crippen LogP contribution in [0.15, 0.2) is 18.6 Å². The van der Waals surface area contributed by atoms with Crippen LogP contribution in [0.25, 0.3) is 0 Å². The minimum Gasteiger partial charge on any atom is -0.298 e. The molecule has 2 aromatic rings. The molecule has 2 heterocycles. The van der Waals surface area contributed by atoms with Gasteiger partial charge in [-0.3, -0.25) is 14.8 Å². The molecule has 0 fully saturated rings. The molecule has 2 aromatic heterocycles. The van der Waals surface area contributed by atoms with Crippen molar-refractivity contribution >= 4 is 34.0 Å². The zero-order valence-electron chi connectivity index (χ0n) is 8.48. The van der Waals surface area contributed by atoms with Crippen molar-refractivity contribution in [3.05, 3.63) is 28.5 Å². The molecule has 0 bridgehead atoms. The first kappa shape index (κ1) is 11.1. The monoisotopic (exact) mass is 256 g/mol. The standard InChI is InChI=1S/C9H9ClN4OS/c1-2-14-5-6(3-12-14)8(15)13-9-11-4-7(10)16-9/h3-5H,2H2,1H3,(H,11,13,15). The molecule has 0 aliphatic carbocycles. The summed E-state index contributed by atoms with van der Waals surface area (Å²) < 4.78 is 2.23. The average Bonchev–Trinajstić information content (AvgIpc) is 2.87. The van der Waals surface area contributed by atoms with Crippen molar-refractivity contribution in [1.29, 1.82) is 0 Å². The molecule has 7 heteroatoms. The number of hydrogen-bond acceptors (Lipinski definition) is 4. The number of anilines is 1. The van der Waals surface area contributed by atoms with Gasteiger partial charge in [0.2, 0.25) is 0 Å². The highest BCUT2D eigenvalue weighted by Gasteiger charge is 2.10. The second kappa shape index (κ2) is 4.63. The Hall–Kier alpha value is -1.40. The van der Waals surface area contributed by atoms with E-state index < -0.39 is 0 Å². The molecule has 0 radical (unpaired) electrons. The van der Waals surface area contributed by atoms with Gasteiger partial charge in [-0.05, 0) is 6.92 Å². The third-order valence-corrected chi connectivity index (χ3v) is 2.95. The molecule has 0 saturated heterocycles. The number of amides is 1. The average molecular weight is 257 g/mol. The van der Waals surface area contributed by atoms with Crippen molar-refractivity contribution in [2.75, 3.05) is 5.32 Å². The van der Waals surface area contributed by atoms with Crippen molar-refractivity contribution in [3.63, 3.8) is 0 Å². The highest BCUT2D eigenvalue weighted by atomic mass is 35.5. The Morgan fingerprint density at radius 2 is 2.44 bits per heavy atom. The van der Waals surface area contributed by atoms with E-state index in [-0.39, 0.29) is 5.91 Å². The van der Waals surface area contributed by atoms with Crippen molar-refractivity contribution in [1.82, 2.24) is 14.8 Å². The van der Waals surface area contributed by atoms with Crippen LogP contribution < -0.4 is 5.32 Å². The van der Waals surface area contributed by atoms with Crippen LogP contribution in [0.4, 0.5) is 5.13 Å². The van der Waals surface area contributed by atoms with Gasteiger partial charge in [0.25, 0.3) is 5.91 Å². The Kier molecular flexibility index (Phi) is 3.21. The summed E-state index contributed by atoms with van der Waals surface area (Å²) in [6.07, 6.45) is 4.70. The van der Waals surface area contributed by atoms with Gasteiger partial charge in [-0.2, -0.15) is 5.10 Å². The van der Waals surface area contributed by atoms with Crippen LogP contribution >= 0.6 is 22.9 Å². The lowest BCUT2D eigenvalue weighted by molar-refractivity contribution is 0.102. The maximum absolute atomic E-state index is 11.7. The van der Waals surface area contributed by atoms with Crippen LogP contribution in [0.3, 0.4) is 0 Å². The lowest BCUT2D eigenvalue weighted by atomic mass is 10.3. The number of aromatic nitrogens is 3. The molecule has 2 rings (SSSR count). The maximum Gasteiger partial charge on any atom is 0.260 e. The third kappa shape index (κ3) is 2.40. The Labute approximate surface area is 101 Å². The Morgan fingerprint density at radius 1 is 1.62 bits per heavy atom. The smallest absolute Gasteiger partial charge is 0.260 e. The van der Waals surface area contributed by atoms with Gasteiger partial charge in [-0.25, -0.2) is 4.98 Å². The predicted molar refractivity (Wildman–Crippen MR) is 63.0 cm³/mol. The van der Waals surface area contributed by atoms with Gasteiger partial charge in [-0.1, -0.05) is 22.9 Å². The summed E-state index contributed by atoms with van der Waals surface area (Å²) in [6, 6.07) is 0. The number of carbonyl (C=O) groups excluding carboxylic acids is 1. The van der Waals surface area contributed by atoms with Crippen molar-refractivity contribution < 1.29 is 4.79 Å². The fraction of sp³-hybridized carbons (Fsp3) is 0.222. The molecule has 84 valence electrons. The number of nitrogens with one attached hydrogen (secondary N) is 1. The van der Waals surface area contributed by atoms with E-state index in [1.54, 1.807) is 10.9 Å². The van der Waals surface area contributed by atoms with E-state index in [1.165, 1.54) is 23.7 Å². The van der Waals surface area contributed by atoms with Gasteiger partial charge >= 0.3 is 0 Å². The molecular formula is C9H9ClN4OS. The lowest BCUT2D eigenvalue weighted by Gasteiger charge is -1.97. The zero-order chi connectivity index (χ0) is 11.5. The molecule has 5 nitrogen and oxygen atoms in total. The minimum absolute atomic E-state index is 0.231. The number of rotatable bonds is 3. The van der Waals surface area contributed by atoms with E-state index in [0.717, 1.165) is 6.54 Å². The molecule has 0 atom stereocenters. The van der Waals surface area contributed by atoms with E-state index in [0.29, 0.717) is 15.0 Å². The molecule has 0 saturated carbocycles. The largest absolute Gasteiger partial charge is 0.298 e. The Morgan fingerprint density at radius 3 is 3.00 bits per heavy atom. The molecule has 0 aromatic carbocycles. The summed E-state index contributed by atoms with van der Waals surface area (Å²) >= 11 is 6.92. The van der Waals surface area contributed by atoms with Crippen LogP contribution in [-0.4, -0.2) is 20.7 Å². The van der Waals surface area contributed by atoms with Crippen molar-refractivity contribution in [3.8, 4) is 0 Å². The van der Waals surface area contributed by atoms with Crippen molar-refractivity contribution in [2.24, 2.45) is 0 Å². The highest BCUT2D eigenvalue weighted by molar-refractivity contribution is 7.19. The maximum atomic E-state index is 11.7. The van der Waals surface area contributed by atoms with E-state index in [9.17, 15) is 4.79 Å². The summed E-state index contributed by atoms with van der Waals surface area (Å²) in [5.74, 6) is -0.231. The number of aryl methyl sites for hydroxylation is 1. The summed E-state index contributed by atoms with van der Waals surface area (Å²) in [7, 11) is 0. The SMILES string of the molecule is CCn1cc(C(=O)Nc2ncc(Cl)s2)cn1. The van der Waals surface area contributed by atoms with Crippen molar-refractivity contribution in [2.45, 2.75) is 13.5 Å². The zero-order valence-corrected chi connectivity index (χ0v) is 10.0. The summed E-state index contributed by atoms with van der Waals surface area (Å²) in [4.78, 5) is 15.6. The number of nitrogens with zero attached hydrogens (tertiary/aromatic N) is 3. The van der Waals surface area contributed by atoms with Gasteiger partial charge in [0, 0.05) is 12.7 Å². The van der Waals surface area contributed by atoms with Gasteiger partial charge < -0.3 is 0 Å². The van der Waals surface area contributed by atoms with Crippen LogP contribution in [0.2, 0.25) is 4.34 Å². The van der Waals surface area contributed by atoms with Crippen LogP contribution in [0, 0.1) is 0 Å². The number of hydrogen-bond donors (Lipinski definition) is 1. The number of carbonyl (C=O) groups is 1. The molecule has 0 spiro atoms. The first-order valence-electron chi connectivity index (χ1n) is 4.64. The Bertz CT molecular complexity index is 507. The van der Waals surface area contributed by atoms with Gasteiger partial charge in [0.15, 0.2) is 5.13 Å². The third-order valence-electron chi connectivity index (χ3n) is 1.92. The molecule has 0 aliphatic rings. The molecule has 16 heavy (non-hydrogen) atoms. The Balaban J connectivity index is 2.08. The minimum atomic E-state index is -0.231. The molecule has 0 aliphatic heterocycles. The van der Waals surface area contributed by atoms with Crippen LogP contribution in [0.5, 0.6) is 0 Å². The number of thiazole rings is 1. The molecular weight excluding hydrogens is 248 g/mol. The first-order valence-corrected chi connectivity index (χ1v) is 5.83. The summed E-state index contributed by atoms with van der Waals surface area (Å²) in [6.45, 7) is 2.69. The van der Waals surface area contributed by atoms with E-state index in [4.69, 9.17) is 11.6 Å². The second-order valence-electron chi connectivity index (χ2n) is 3.01. The first-order chi connectivity index (χ1) is 7.69. The lowest BCUT2D eigenvalue weighted by Crippen LogP contribution is -2.10. The van der Waals surface area contributed by atoms with Crippen LogP contribution in [0.1, 0.15) is 17.3 Å². The number of halogens is 1. The fourth-order valence-electron chi connectivity index (χ4n) is 1.14. The quantitative estimate of drug-likeness (QED) is 0.916. The van der Waals surface area contributed by atoms with Crippen LogP contribution in [-0.2, 0) is 6.54 Å². The molecule has 1 N–H and O–H groups in total. The normalized spacial score (nSPS) is 10.4. The highest BCUT2D eigenvalue weighted by Crippen LogP contribution is 2.22. The second-order valence-corrected chi connectivity index (χ2v) is 4.67. The van der Waals surface area contributed by atoms with Gasteiger partial charge in [0.05, 0.1) is 18.0 Å². The summed E-state index contributed by atoms with van der Waals surface area (Å²) in [5, 5.41) is 7.15.